The Morgan fingerprint density at radius 2 is 2.36 bits per heavy atom. The van der Waals surface area contributed by atoms with E-state index < -0.39 is 22.3 Å². The van der Waals surface area contributed by atoms with Crippen molar-refractivity contribution in [2.24, 2.45) is 0 Å². The number of esters is 1. The van der Waals surface area contributed by atoms with Gasteiger partial charge in [0.05, 0.1) is 6.61 Å². The Morgan fingerprint density at radius 1 is 1.73 bits per heavy atom. The van der Waals surface area contributed by atoms with Gasteiger partial charge in [0, 0.05) is 13.3 Å². The van der Waals surface area contributed by atoms with Crippen LogP contribution in [-0.2, 0) is 13.7 Å². The van der Waals surface area contributed by atoms with Crippen LogP contribution in [0.25, 0.3) is 0 Å². The molecule has 0 aromatic heterocycles. The summed E-state index contributed by atoms with van der Waals surface area (Å²) in [5.74, 6) is -0.527. The monoisotopic (exact) mass is 182 g/mol. The van der Waals surface area contributed by atoms with Crippen LogP contribution in [0.5, 0.6) is 0 Å². The molecule has 1 rings (SSSR count). The van der Waals surface area contributed by atoms with Crippen LogP contribution < -0.4 is 0 Å². The lowest BCUT2D eigenvalue weighted by Crippen LogP contribution is -2.18. The summed E-state index contributed by atoms with van der Waals surface area (Å²) in [6, 6.07) is 0. The highest BCUT2D eigenvalue weighted by atomic mass is 32.3. The summed E-state index contributed by atoms with van der Waals surface area (Å²) < 4.78 is 27.3. The van der Waals surface area contributed by atoms with Gasteiger partial charge in [0.1, 0.15) is 10.9 Å². The predicted molar refractivity (Wildman–Crippen MR) is 39.0 cm³/mol. The van der Waals surface area contributed by atoms with Crippen molar-refractivity contribution < 1.29 is 22.8 Å². The van der Waals surface area contributed by atoms with Crippen LogP contribution in [0.3, 0.4) is 0 Å². The maximum Gasteiger partial charge on any atom is 0.303 e. The van der Waals surface area contributed by atoms with E-state index in [1.54, 1.807) is 0 Å². The maximum atomic E-state index is 10.4. The van der Waals surface area contributed by atoms with E-state index in [0.717, 1.165) is 0 Å². The fourth-order valence-electron chi connectivity index (χ4n) is 0.803. The van der Waals surface area contributed by atoms with Gasteiger partial charge in [-0.05, 0) is 0 Å². The molecule has 0 saturated carbocycles. The number of hydrogen-bond donors (Lipinski definition) is 2. The second kappa shape index (κ2) is 2.98. The first-order valence-electron chi connectivity index (χ1n) is 3.11. The van der Waals surface area contributed by atoms with Crippen molar-refractivity contribution in [1.29, 1.82) is 0 Å². The van der Waals surface area contributed by atoms with Crippen molar-refractivity contribution in [1.82, 2.24) is 0 Å². The van der Waals surface area contributed by atoms with Gasteiger partial charge in [0.15, 0.2) is 0 Å². The molecule has 1 fully saturated rings. The van der Waals surface area contributed by atoms with E-state index in [1.807, 2.05) is 0 Å². The fourth-order valence-corrected chi connectivity index (χ4v) is 1.96. The SMILES string of the molecule is CC(=O)OC1CCOS1(O)O. The summed E-state index contributed by atoms with van der Waals surface area (Å²) in [6.07, 6.45) is 0.349. The summed E-state index contributed by atoms with van der Waals surface area (Å²) in [6.45, 7) is 1.44. The highest BCUT2D eigenvalue weighted by molar-refractivity contribution is 8.20. The number of carbonyl (C=O) groups is 1. The lowest BCUT2D eigenvalue weighted by Gasteiger charge is -2.25. The molecule has 0 bridgehead atoms. The Balaban J connectivity index is 2.51. The lowest BCUT2D eigenvalue weighted by atomic mass is 10.5. The molecule has 1 saturated heterocycles. The van der Waals surface area contributed by atoms with Gasteiger partial charge in [0.2, 0.25) is 5.44 Å². The molecule has 0 amide bonds. The minimum atomic E-state index is -3.13. The Bertz CT molecular complexity index is 168. The molecular weight excluding hydrogens is 172 g/mol. The van der Waals surface area contributed by atoms with Crippen LogP contribution in [0, 0.1) is 0 Å². The molecule has 0 aromatic rings. The van der Waals surface area contributed by atoms with Crippen LogP contribution in [0.4, 0.5) is 0 Å². The average Bonchev–Trinajstić information content (AvgIpc) is 2.10. The van der Waals surface area contributed by atoms with Gasteiger partial charge in [-0.1, -0.05) is 0 Å². The molecule has 1 heterocycles. The molecule has 66 valence electrons. The lowest BCUT2D eigenvalue weighted by molar-refractivity contribution is -0.142. The Kier molecular flexibility index (Phi) is 2.38. The summed E-state index contributed by atoms with van der Waals surface area (Å²) in [5, 5.41) is 0. The minimum absolute atomic E-state index is 0.223. The molecule has 2 N–H and O–H groups in total. The first-order valence-corrected chi connectivity index (χ1v) is 4.64. The van der Waals surface area contributed by atoms with Crippen molar-refractivity contribution in [3.63, 3.8) is 0 Å². The highest BCUT2D eigenvalue weighted by Gasteiger charge is 2.39. The highest BCUT2D eigenvalue weighted by Crippen LogP contribution is 2.52. The summed E-state index contributed by atoms with van der Waals surface area (Å²) in [5.41, 5.74) is -0.875. The molecule has 11 heavy (non-hydrogen) atoms. The number of hydrogen-bond acceptors (Lipinski definition) is 5. The van der Waals surface area contributed by atoms with Gasteiger partial charge < -0.3 is 13.8 Å². The van der Waals surface area contributed by atoms with Crippen LogP contribution >= 0.6 is 10.9 Å². The van der Waals surface area contributed by atoms with Gasteiger partial charge in [-0.15, -0.1) is 0 Å². The number of ether oxygens (including phenoxy) is 1. The van der Waals surface area contributed by atoms with Crippen LogP contribution in [0.15, 0.2) is 0 Å². The van der Waals surface area contributed by atoms with E-state index in [2.05, 4.69) is 8.92 Å². The van der Waals surface area contributed by atoms with E-state index >= 15 is 0 Å². The van der Waals surface area contributed by atoms with Crippen LogP contribution in [0.1, 0.15) is 13.3 Å². The van der Waals surface area contributed by atoms with E-state index in [0.29, 0.717) is 6.42 Å². The van der Waals surface area contributed by atoms with Crippen LogP contribution in [-0.4, -0.2) is 27.1 Å². The molecule has 0 aromatic carbocycles. The molecule has 0 aliphatic carbocycles. The Hall–Kier alpha value is -0.300. The normalized spacial score (nSPS) is 31.4. The second-order valence-electron chi connectivity index (χ2n) is 2.19. The van der Waals surface area contributed by atoms with Crippen LogP contribution in [0.2, 0.25) is 0 Å². The summed E-state index contributed by atoms with van der Waals surface area (Å²) in [4.78, 5) is 10.4. The van der Waals surface area contributed by atoms with Gasteiger partial charge >= 0.3 is 5.97 Å². The zero-order valence-electron chi connectivity index (χ0n) is 6.02. The van der Waals surface area contributed by atoms with E-state index in [9.17, 15) is 4.79 Å². The Morgan fingerprint density at radius 3 is 2.73 bits per heavy atom. The quantitative estimate of drug-likeness (QED) is 0.591. The first kappa shape index (κ1) is 8.79. The van der Waals surface area contributed by atoms with E-state index in [-0.39, 0.29) is 6.61 Å². The predicted octanol–water partition coefficient (Wildman–Crippen LogP) is 0.962. The van der Waals surface area contributed by atoms with Crippen molar-refractivity contribution in [3.8, 4) is 0 Å². The average molecular weight is 182 g/mol. The molecule has 5 nitrogen and oxygen atoms in total. The molecular formula is C5H10O5S. The molecule has 1 aliphatic rings. The van der Waals surface area contributed by atoms with Crippen molar-refractivity contribution >= 4 is 16.8 Å². The Labute approximate surface area is 65.9 Å². The molecule has 6 heteroatoms. The largest absolute Gasteiger partial charge is 0.446 e. The third-order valence-electron chi connectivity index (χ3n) is 1.25. The third-order valence-corrected chi connectivity index (χ3v) is 2.78. The van der Waals surface area contributed by atoms with Gasteiger partial charge in [-0.3, -0.25) is 8.98 Å². The molecule has 0 radical (unpaired) electrons. The molecule has 1 unspecified atom stereocenters. The number of carbonyl (C=O) groups excluding carboxylic acids is 1. The maximum absolute atomic E-state index is 10.4. The van der Waals surface area contributed by atoms with Gasteiger partial charge in [0.25, 0.3) is 0 Å². The number of rotatable bonds is 1. The smallest absolute Gasteiger partial charge is 0.303 e. The molecule has 0 spiro atoms. The van der Waals surface area contributed by atoms with Gasteiger partial charge in [-0.2, -0.15) is 0 Å². The van der Waals surface area contributed by atoms with E-state index in [1.165, 1.54) is 6.92 Å². The zero-order chi connectivity index (χ0) is 8.48. The zero-order valence-corrected chi connectivity index (χ0v) is 6.84. The third kappa shape index (κ3) is 2.06. The van der Waals surface area contributed by atoms with Crippen molar-refractivity contribution in [2.75, 3.05) is 6.61 Å². The molecule has 1 atom stereocenters. The van der Waals surface area contributed by atoms with E-state index in [4.69, 9.17) is 9.11 Å². The topological polar surface area (TPSA) is 76.0 Å². The second-order valence-corrected chi connectivity index (χ2v) is 4.02. The first-order chi connectivity index (χ1) is 5.02. The molecule has 1 aliphatic heterocycles. The minimum Gasteiger partial charge on any atom is -0.446 e. The summed E-state index contributed by atoms with van der Waals surface area (Å²) >= 11 is 0. The van der Waals surface area contributed by atoms with Gasteiger partial charge in [-0.25, -0.2) is 0 Å². The van der Waals surface area contributed by atoms with Crippen molar-refractivity contribution in [2.45, 2.75) is 18.8 Å². The fraction of sp³-hybridized carbons (Fsp3) is 0.800. The van der Waals surface area contributed by atoms with Crippen molar-refractivity contribution in [3.05, 3.63) is 0 Å². The standard InChI is InChI=1S/C5H10O5S/c1-4(6)10-5-2-3-9-11(5,7)8/h5,7-8H,2-3H2,1H3. The summed E-state index contributed by atoms with van der Waals surface area (Å²) in [7, 11) is -3.13.